The summed E-state index contributed by atoms with van der Waals surface area (Å²) >= 11 is 0. The number of hydrogen-bond acceptors (Lipinski definition) is 7. The highest BCUT2D eigenvalue weighted by Crippen LogP contribution is 2.28. The highest BCUT2D eigenvalue weighted by Gasteiger charge is 2.22. The largest absolute Gasteiger partial charge is 0.490 e. The summed E-state index contributed by atoms with van der Waals surface area (Å²) in [4.78, 5) is 38.3. The second-order valence-electron chi connectivity index (χ2n) is 6.22. The van der Waals surface area contributed by atoms with Crippen molar-refractivity contribution >= 4 is 23.5 Å². The van der Waals surface area contributed by atoms with E-state index < -0.39 is 24.5 Å². The van der Waals surface area contributed by atoms with Crippen LogP contribution in [0.5, 0.6) is 11.5 Å². The summed E-state index contributed by atoms with van der Waals surface area (Å²) in [5.74, 6) is -0.871. The lowest BCUT2D eigenvalue weighted by Crippen LogP contribution is -2.39. The second kappa shape index (κ2) is 12.2. The van der Waals surface area contributed by atoms with Crippen LogP contribution in [-0.4, -0.2) is 50.8 Å². The smallest absolute Gasteiger partial charge is 0.338 e. The molecule has 31 heavy (non-hydrogen) atoms. The van der Waals surface area contributed by atoms with E-state index in [1.165, 1.54) is 17.0 Å². The van der Waals surface area contributed by atoms with Crippen LogP contribution >= 0.6 is 0 Å². The van der Waals surface area contributed by atoms with Crippen LogP contribution < -0.4 is 14.4 Å². The molecule has 0 spiro atoms. The fourth-order valence-electron chi connectivity index (χ4n) is 2.73. The van der Waals surface area contributed by atoms with Gasteiger partial charge in [0.15, 0.2) is 18.1 Å². The maximum atomic E-state index is 12.7. The summed E-state index contributed by atoms with van der Waals surface area (Å²) in [6.45, 7) is 5.58. The van der Waals surface area contributed by atoms with Crippen molar-refractivity contribution in [2.24, 2.45) is 0 Å². The van der Waals surface area contributed by atoms with Crippen molar-refractivity contribution in [1.29, 1.82) is 0 Å². The van der Waals surface area contributed by atoms with Gasteiger partial charge in [-0.25, -0.2) is 4.79 Å². The van der Waals surface area contributed by atoms with Gasteiger partial charge in [0.05, 0.1) is 25.4 Å². The minimum Gasteiger partial charge on any atom is -0.490 e. The summed E-state index contributed by atoms with van der Waals surface area (Å²) in [6, 6.07) is 13.3. The number of ether oxygens (including phenoxy) is 4. The van der Waals surface area contributed by atoms with Gasteiger partial charge in [0.1, 0.15) is 6.54 Å². The Labute approximate surface area is 181 Å². The van der Waals surface area contributed by atoms with Gasteiger partial charge in [-0.2, -0.15) is 0 Å². The van der Waals surface area contributed by atoms with E-state index in [4.69, 9.17) is 18.9 Å². The molecule has 0 aliphatic rings. The first-order valence-corrected chi connectivity index (χ1v) is 10.1. The molecule has 0 aromatic heterocycles. The summed E-state index contributed by atoms with van der Waals surface area (Å²) in [6.07, 6.45) is 0. The summed E-state index contributed by atoms with van der Waals surface area (Å²) in [5.41, 5.74) is 0.715. The average molecular weight is 429 g/mol. The Bertz CT molecular complexity index is 883. The maximum Gasteiger partial charge on any atom is 0.338 e. The van der Waals surface area contributed by atoms with Crippen molar-refractivity contribution < 1.29 is 33.3 Å². The van der Waals surface area contributed by atoms with Crippen LogP contribution in [0, 0.1) is 0 Å². The van der Waals surface area contributed by atoms with Gasteiger partial charge in [-0.1, -0.05) is 18.2 Å². The zero-order valence-electron chi connectivity index (χ0n) is 18.0. The Balaban J connectivity index is 2.10. The number of amides is 1. The number of benzene rings is 2. The van der Waals surface area contributed by atoms with Crippen molar-refractivity contribution in [1.82, 2.24) is 0 Å². The number of hydrogen-bond donors (Lipinski definition) is 0. The van der Waals surface area contributed by atoms with Crippen LogP contribution in [0.15, 0.2) is 48.5 Å². The topological polar surface area (TPSA) is 91.4 Å². The fourth-order valence-corrected chi connectivity index (χ4v) is 2.73. The molecule has 0 heterocycles. The first-order chi connectivity index (χ1) is 15.0. The minimum atomic E-state index is -0.693. The van der Waals surface area contributed by atoms with Crippen molar-refractivity contribution in [3.63, 3.8) is 0 Å². The molecule has 0 atom stereocenters. The maximum absolute atomic E-state index is 12.7. The Hall–Kier alpha value is -3.55. The third-order valence-corrected chi connectivity index (χ3v) is 4.07. The Morgan fingerprint density at radius 1 is 0.806 bits per heavy atom. The van der Waals surface area contributed by atoms with Gasteiger partial charge >= 0.3 is 11.9 Å². The molecule has 0 aliphatic carbocycles. The molecule has 8 nitrogen and oxygen atoms in total. The van der Waals surface area contributed by atoms with Gasteiger partial charge in [-0.05, 0) is 51.1 Å². The van der Waals surface area contributed by atoms with Crippen LogP contribution in [-0.2, 0) is 19.1 Å². The van der Waals surface area contributed by atoms with Crippen molar-refractivity contribution in [3.05, 3.63) is 54.1 Å². The number of anilines is 1. The molecule has 1 amide bonds. The molecule has 0 radical (unpaired) electrons. The van der Waals surface area contributed by atoms with Gasteiger partial charge in [-0.15, -0.1) is 0 Å². The van der Waals surface area contributed by atoms with Crippen molar-refractivity contribution in [2.45, 2.75) is 20.8 Å². The fraction of sp³-hybridized carbons (Fsp3) is 0.348. The van der Waals surface area contributed by atoms with Crippen LogP contribution in [0.4, 0.5) is 5.69 Å². The van der Waals surface area contributed by atoms with E-state index in [0.29, 0.717) is 30.4 Å². The van der Waals surface area contributed by atoms with Crippen LogP contribution in [0.25, 0.3) is 0 Å². The molecule has 0 N–H and O–H groups in total. The van der Waals surface area contributed by atoms with E-state index in [2.05, 4.69) is 0 Å². The quantitative estimate of drug-likeness (QED) is 0.507. The molecule has 2 aromatic carbocycles. The Morgan fingerprint density at radius 3 is 2.13 bits per heavy atom. The zero-order chi connectivity index (χ0) is 22.6. The third-order valence-electron chi connectivity index (χ3n) is 4.07. The predicted octanol–water partition coefficient (Wildman–Crippen LogP) is 3.24. The normalized spacial score (nSPS) is 10.2. The minimum absolute atomic E-state index is 0.199. The van der Waals surface area contributed by atoms with Gasteiger partial charge in [0.2, 0.25) is 0 Å². The number of carbonyl (C=O) groups excluding carboxylic acids is 3. The van der Waals surface area contributed by atoms with Gasteiger partial charge in [-0.3, -0.25) is 14.5 Å². The van der Waals surface area contributed by atoms with E-state index >= 15 is 0 Å². The molecular weight excluding hydrogens is 402 g/mol. The highest BCUT2D eigenvalue weighted by molar-refractivity contribution is 6.00. The third kappa shape index (κ3) is 7.02. The summed E-state index contributed by atoms with van der Waals surface area (Å²) in [5, 5.41) is 0. The molecular formula is C23H27NO7. The second-order valence-corrected chi connectivity index (χ2v) is 6.22. The van der Waals surface area contributed by atoms with E-state index in [9.17, 15) is 14.4 Å². The average Bonchev–Trinajstić information content (AvgIpc) is 2.78. The number of esters is 2. The number of carbonyl (C=O) groups is 3. The molecule has 0 bridgehead atoms. The highest BCUT2D eigenvalue weighted by atomic mass is 16.5. The van der Waals surface area contributed by atoms with Crippen molar-refractivity contribution in [2.75, 3.05) is 37.9 Å². The lowest BCUT2D eigenvalue weighted by atomic mass is 10.2. The number of rotatable bonds is 11. The molecule has 2 rings (SSSR count). The van der Waals surface area contributed by atoms with Gasteiger partial charge in [0, 0.05) is 5.69 Å². The first-order valence-electron chi connectivity index (χ1n) is 10.1. The lowest BCUT2D eigenvalue weighted by molar-refractivity contribution is -0.142. The van der Waals surface area contributed by atoms with E-state index in [1.54, 1.807) is 43.3 Å². The van der Waals surface area contributed by atoms with E-state index in [0.717, 1.165) is 0 Å². The molecule has 166 valence electrons. The van der Waals surface area contributed by atoms with Crippen LogP contribution in [0.2, 0.25) is 0 Å². The molecule has 8 heteroatoms. The molecule has 0 unspecified atom stereocenters. The lowest BCUT2D eigenvalue weighted by Gasteiger charge is -2.21. The molecule has 0 aliphatic heterocycles. The van der Waals surface area contributed by atoms with E-state index in [1.807, 2.05) is 13.8 Å². The molecule has 0 fully saturated rings. The Kier molecular flexibility index (Phi) is 9.35. The standard InChI is InChI=1S/C23H27NO7/c1-4-28-19-13-12-17(14-20(19)29-5-2)23(27)31-16-21(25)24(15-22(26)30-6-3)18-10-8-7-9-11-18/h7-14H,4-6,15-16H2,1-3H3. The zero-order valence-corrected chi connectivity index (χ0v) is 18.0. The Morgan fingerprint density at radius 2 is 1.48 bits per heavy atom. The van der Waals surface area contributed by atoms with Crippen molar-refractivity contribution in [3.8, 4) is 11.5 Å². The predicted molar refractivity (Wildman–Crippen MR) is 114 cm³/mol. The monoisotopic (exact) mass is 429 g/mol. The van der Waals surface area contributed by atoms with Gasteiger partial charge < -0.3 is 18.9 Å². The molecule has 0 saturated carbocycles. The molecule has 2 aromatic rings. The number of para-hydroxylation sites is 1. The number of nitrogens with zero attached hydrogens (tertiary/aromatic N) is 1. The SMILES string of the molecule is CCOC(=O)CN(C(=O)COC(=O)c1ccc(OCC)c(OCC)c1)c1ccccc1. The summed E-state index contributed by atoms with van der Waals surface area (Å²) < 4.78 is 21.1. The summed E-state index contributed by atoms with van der Waals surface area (Å²) in [7, 11) is 0. The van der Waals surface area contributed by atoms with Crippen LogP contribution in [0.3, 0.4) is 0 Å². The first kappa shape index (κ1) is 23.7. The van der Waals surface area contributed by atoms with E-state index in [-0.39, 0.29) is 18.7 Å². The van der Waals surface area contributed by atoms with Gasteiger partial charge in [0.25, 0.3) is 5.91 Å². The van der Waals surface area contributed by atoms with Crippen LogP contribution in [0.1, 0.15) is 31.1 Å². The molecule has 0 saturated heterocycles.